The minimum absolute atomic E-state index is 0.729. The first-order chi connectivity index (χ1) is 6.36. The summed E-state index contributed by atoms with van der Waals surface area (Å²) in [6, 6.07) is 3.71. The lowest BCUT2D eigenvalue weighted by Gasteiger charge is -1.97. The maximum absolute atomic E-state index is 4.25. The highest BCUT2D eigenvalue weighted by molar-refractivity contribution is 14.1. The SMILES string of the molecule is Ic1nccc(-c2ccnnc2)n1. The van der Waals surface area contributed by atoms with E-state index in [2.05, 4.69) is 42.8 Å². The van der Waals surface area contributed by atoms with E-state index in [-0.39, 0.29) is 0 Å². The molecule has 4 nitrogen and oxygen atoms in total. The van der Waals surface area contributed by atoms with Crippen LogP contribution in [0.5, 0.6) is 0 Å². The maximum atomic E-state index is 4.25. The molecule has 64 valence electrons. The molecule has 2 aromatic heterocycles. The van der Waals surface area contributed by atoms with E-state index in [1.165, 1.54) is 0 Å². The van der Waals surface area contributed by atoms with Crippen molar-refractivity contribution in [2.45, 2.75) is 0 Å². The molecule has 2 aromatic rings. The third kappa shape index (κ3) is 1.97. The van der Waals surface area contributed by atoms with Crippen molar-refractivity contribution in [3.05, 3.63) is 34.6 Å². The summed E-state index contributed by atoms with van der Waals surface area (Å²) in [7, 11) is 0. The molecule has 0 atom stereocenters. The molecular weight excluding hydrogens is 279 g/mol. The lowest BCUT2D eigenvalue weighted by molar-refractivity contribution is 1.03. The van der Waals surface area contributed by atoms with Crippen molar-refractivity contribution in [1.82, 2.24) is 20.2 Å². The summed E-state index contributed by atoms with van der Waals surface area (Å²) in [5, 5.41) is 7.48. The third-order valence-electron chi connectivity index (χ3n) is 1.51. The van der Waals surface area contributed by atoms with Crippen molar-refractivity contribution in [3.63, 3.8) is 0 Å². The van der Waals surface area contributed by atoms with Crippen LogP contribution in [0.4, 0.5) is 0 Å². The summed E-state index contributed by atoms with van der Waals surface area (Å²) in [5.74, 6) is 0. The van der Waals surface area contributed by atoms with E-state index in [1.807, 2.05) is 12.1 Å². The van der Waals surface area contributed by atoms with Gasteiger partial charge >= 0.3 is 0 Å². The van der Waals surface area contributed by atoms with Crippen LogP contribution < -0.4 is 0 Å². The normalized spacial score (nSPS) is 9.92. The summed E-state index contributed by atoms with van der Waals surface area (Å²) in [4.78, 5) is 8.26. The summed E-state index contributed by atoms with van der Waals surface area (Å²) in [6.45, 7) is 0. The second-order valence-corrected chi connectivity index (χ2v) is 3.31. The van der Waals surface area contributed by atoms with Crippen molar-refractivity contribution in [2.24, 2.45) is 0 Å². The van der Waals surface area contributed by atoms with Crippen LogP contribution in [0, 0.1) is 3.83 Å². The lowest BCUT2D eigenvalue weighted by Crippen LogP contribution is -1.90. The lowest BCUT2D eigenvalue weighted by atomic mass is 10.2. The number of hydrogen-bond acceptors (Lipinski definition) is 4. The first-order valence-electron chi connectivity index (χ1n) is 3.62. The quantitative estimate of drug-likeness (QED) is 0.588. The van der Waals surface area contributed by atoms with Crippen molar-refractivity contribution >= 4 is 22.6 Å². The fourth-order valence-corrected chi connectivity index (χ4v) is 1.36. The predicted octanol–water partition coefficient (Wildman–Crippen LogP) is 1.54. The Bertz CT molecular complexity index is 404. The van der Waals surface area contributed by atoms with Crippen molar-refractivity contribution in [1.29, 1.82) is 0 Å². The van der Waals surface area contributed by atoms with Gasteiger partial charge in [-0.15, -0.1) is 0 Å². The highest BCUT2D eigenvalue weighted by atomic mass is 127. The van der Waals surface area contributed by atoms with Crippen molar-refractivity contribution in [3.8, 4) is 11.3 Å². The maximum Gasteiger partial charge on any atom is 0.191 e. The van der Waals surface area contributed by atoms with Crippen LogP contribution >= 0.6 is 22.6 Å². The average Bonchev–Trinajstić information content (AvgIpc) is 2.19. The summed E-state index contributed by atoms with van der Waals surface area (Å²) in [5.41, 5.74) is 1.82. The first kappa shape index (κ1) is 8.49. The summed E-state index contributed by atoms with van der Waals surface area (Å²) >= 11 is 2.07. The first-order valence-corrected chi connectivity index (χ1v) is 4.70. The molecule has 0 aliphatic heterocycles. The van der Waals surface area contributed by atoms with Gasteiger partial charge in [0.05, 0.1) is 18.1 Å². The molecular formula is C8H5IN4. The molecule has 13 heavy (non-hydrogen) atoms. The highest BCUT2D eigenvalue weighted by Gasteiger charge is 1.99. The van der Waals surface area contributed by atoms with Gasteiger partial charge in [-0.05, 0) is 12.1 Å². The molecule has 0 aromatic carbocycles. The van der Waals surface area contributed by atoms with E-state index in [1.54, 1.807) is 18.6 Å². The second-order valence-electron chi connectivity index (χ2n) is 2.34. The summed E-state index contributed by atoms with van der Waals surface area (Å²) < 4.78 is 0.729. The Balaban J connectivity index is 2.48. The largest absolute Gasteiger partial charge is 0.232 e. The predicted molar refractivity (Wildman–Crippen MR) is 55.8 cm³/mol. The molecule has 0 bridgehead atoms. The van der Waals surface area contributed by atoms with Crippen LogP contribution in [0.3, 0.4) is 0 Å². The molecule has 0 saturated carbocycles. The molecule has 0 fully saturated rings. The minimum Gasteiger partial charge on any atom is -0.232 e. The number of rotatable bonds is 1. The second kappa shape index (κ2) is 3.73. The molecule has 0 aliphatic carbocycles. The van der Waals surface area contributed by atoms with Gasteiger partial charge in [-0.1, -0.05) is 0 Å². The number of nitrogens with zero attached hydrogens (tertiary/aromatic N) is 4. The van der Waals surface area contributed by atoms with E-state index in [4.69, 9.17) is 0 Å². The molecule has 0 radical (unpaired) electrons. The van der Waals surface area contributed by atoms with Gasteiger partial charge in [0.2, 0.25) is 0 Å². The van der Waals surface area contributed by atoms with E-state index >= 15 is 0 Å². The van der Waals surface area contributed by atoms with E-state index in [9.17, 15) is 0 Å². The molecule has 2 rings (SSSR count). The fourth-order valence-electron chi connectivity index (χ4n) is 0.938. The van der Waals surface area contributed by atoms with Gasteiger partial charge in [0.1, 0.15) is 0 Å². The molecule has 0 aliphatic rings. The van der Waals surface area contributed by atoms with Crippen molar-refractivity contribution in [2.75, 3.05) is 0 Å². The minimum atomic E-state index is 0.729. The third-order valence-corrected chi connectivity index (χ3v) is 2.03. The van der Waals surface area contributed by atoms with Gasteiger partial charge in [-0.2, -0.15) is 10.2 Å². The molecule has 0 spiro atoms. The van der Waals surface area contributed by atoms with Gasteiger partial charge < -0.3 is 0 Å². The number of hydrogen-bond donors (Lipinski definition) is 0. The number of halogens is 1. The zero-order valence-corrected chi connectivity index (χ0v) is 8.71. The van der Waals surface area contributed by atoms with Gasteiger partial charge in [0.15, 0.2) is 3.83 Å². The molecule has 0 N–H and O–H groups in total. The zero-order valence-electron chi connectivity index (χ0n) is 6.55. The zero-order chi connectivity index (χ0) is 9.10. The van der Waals surface area contributed by atoms with Crippen LogP contribution in [0.1, 0.15) is 0 Å². The highest BCUT2D eigenvalue weighted by Crippen LogP contribution is 2.13. The van der Waals surface area contributed by atoms with E-state index < -0.39 is 0 Å². The Labute approximate surface area is 88.6 Å². The molecule has 0 unspecified atom stereocenters. The Morgan fingerprint density at radius 3 is 2.69 bits per heavy atom. The molecule has 0 saturated heterocycles. The summed E-state index contributed by atoms with van der Waals surface area (Å²) in [6.07, 6.45) is 5.05. The van der Waals surface area contributed by atoms with Crippen LogP contribution in [0.2, 0.25) is 0 Å². The Hall–Kier alpha value is -1.11. The van der Waals surface area contributed by atoms with Crippen LogP contribution in [-0.2, 0) is 0 Å². The Kier molecular flexibility index (Phi) is 2.44. The van der Waals surface area contributed by atoms with Gasteiger partial charge in [0.25, 0.3) is 0 Å². The molecule has 2 heterocycles. The van der Waals surface area contributed by atoms with E-state index in [0.717, 1.165) is 15.1 Å². The van der Waals surface area contributed by atoms with Gasteiger partial charge in [-0.3, -0.25) is 0 Å². The van der Waals surface area contributed by atoms with Crippen molar-refractivity contribution < 1.29 is 0 Å². The Morgan fingerprint density at radius 2 is 2.00 bits per heavy atom. The Morgan fingerprint density at radius 1 is 1.08 bits per heavy atom. The van der Waals surface area contributed by atoms with Gasteiger partial charge in [-0.25, -0.2) is 9.97 Å². The van der Waals surface area contributed by atoms with Gasteiger partial charge in [0, 0.05) is 34.4 Å². The van der Waals surface area contributed by atoms with Crippen LogP contribution in [0.15, 0.2) is 30.7 Å². The standard InChI is InChI=1S/C8H5IN4/c9-8-10-3-2-7(13-8)6-1-4-11-12-5-6/h1-5H. The topological polar surface area (TPSA) is 51.6 Å². The monoisotopic (exact) mass is 284 g/mol. The fraction of sp³-hybridized carbons (Fsp3) is 0. The van der Waals surface area contributed by atoms with Crippen LogP contribution in [0.25, 0.3) is 11.3 Å². The average molecular weight is 284 g/mol. The molecule has 5 heteroatoms. The number of aromatic nitrogens is 4. The molecule has 0 amide bonds. The van der Waals surface area contributed by atoms with E-state index in [0.29, 0.717) is 0 Å². The van der Waals surface area contributed by atoms with Crippen LogP contribution in [-0.4, -0.2) is 20.2 Å². The smallest absolute Gasteiger partial charge is 0.191 e.